The van der Waals surface area contributed by atoms with E-state index in [9.17, 15) is 9.90 Å². The van der Waals surface area contributed by atoms with Crippen LogP contribution in [-0.4, -0.2) is 70.6 Å². The lowest BCUT2D eigenvalue weighted by Gasteiger charge is -2.17. The maximum absolute atomic E-state index is 12.4. The Morgan fingerprint density at radius 1 is 1.20 bits per heavy atom. The molecule has 156 valence electrons. The van der Waals surface area contributed by atoms with E-state index in [1.165, 1.54) is 6.33 Å². The fraction of sp³-hybridized carbons (Fsp3) is 0.500. The number of nitrogens with zero attached hydrogens (tertiary/aromatic N) is 7. The van der Waals surface area contributed by atoms with Crippen LogP contribution < -0.4 is 5.32 Å². The number of imidazole rings is 1. The number of aliphatic hydroxyl groups is 1. The second-order valence-electron chi connectivity index (χ2n) is 7.93. The van der Waals surface area contributed by atoms with Gasteiger partial charge in [-0.15, -0.1) is 0 Å². The molecule has 1 aliphatic carbocycles. The predicted molar refractivity (Wildman–Crippen MR) is 109 cm³/mol. The first-order valence-electron chi connectivity index (χ1n) is 10.3. The molecule has 2 fully saturated rings. The van der Waals surface area contributed by atoms with Crippen LogP contribution in [0.2, 0.25) is 0 Å². The summed E-state index contributed by atoms with van der Waals surface area (Å²) in [6.07, 6.45) is 6.24. The number of nitrogens with one attached hydrogen (secondary N) is 1. The van der Waals surface area contributed by atoms with Gasteiger partial charge in [0.15, 0.2) is 17.0 Å². The summed E-state index contributed by atoms with van der Waals surface area (Å²) in [7, 11) is 0. The molecule has 0 spiro atoms. The van der Waals surface area contributed by atoms with Crippen LogP contribution in [0.1, 0.15) is 25.6 Å². The molecule has 0 aromatic carbocycles. The Bertz CT molecular complexity index is 1090. The monoisotopic (exact) mass is 408 g/mol. The molecule has 4 heterocycles. The van der Waals surface area contributed by atoms with Crippen LogP contribution in [0.5, 0.6) is 0 Å². The number of aryl methyl sites for hydroxylation is 2. The van der Waals surface area contributed by atoms with E-state index in [0.717, 1.165) is 18.4 Å². The van der Waals surface area contributed by atoms with E-state index in [1.807, 2.05) is 18.4 Å². The number of carbonyl (C=O) groups excluding carboxylic acids is 1. The van der Waals surface area contributed by atoms with Gasteiger partial charge < -0.3 is 19.9 Å². The van der Waals surface area contributed by atoms with Crippen LogP contribution >= 0.6 is 0 Å². The second-order valence-corrected chi connectivity index (χ2v) is 7.93. The Morgan fingerprint density at radius 2 is 1.97 bits per heavy atom. The molecule has 10 nitrogen and oxygen atoms in total. The fourth-order valence-electron chi connectivity index (χ4n) is 3.94. The fourth-order valence-corrected chi connectivity index (χ4v) is 3.94. The first-order valence-corrected chi connectivity index (χ1v) is 10.3. The van der Waals surface area contributed by atoms with Gasteiger partial charge in [0.05, 0.1) is 17.7 Å². The van der Waals surface area contributed by atoms with E-state index in [2.05, 4.69) is 25.3 Å². The Hall–Kier alpha value is -3.14. The summed E-state index contributed by atoms with van der Waals surface area (Å²) in [4.78, 5) is 36.2. The Kier molecular flexibility index (Phi) is 4.58. The minimum Gasteiger partial charge on any atom is -0.389 e. The van der Waals surface area contributed by atoms with Crippen LogP contribution in [-0.2, 0) is 11.3 Å². The van der Waals surface area contributed by atoms with Crippen molar-refractivity contribution in [1.82, 2.24) is 34.4 Å². The molecule has 10 heteroatoms. The molecule has 1 aliphatic heterocycles. The lowest BCUT2D eigenvalue weighted by molar-refractivity contribution is -0.131. The molecular formula is C20H24N8O2. The Morgan fingerprint density at radius 3 is 2.67 bits per heavy atom. The number of rotatable bonds is 5. The number of carbonyl (C=O) groups is 1. The molecule has 2 N–H and O–H groups in total. The smallest absolute Gasteiger partial charge is 0.225 e. The number of likely N-dealkylation sites (tertiary alicyclic amines) is 1. The van der Waals surface area contributed by atoms with Gasteiger partial charge in [0.1, 0.15) is 18.0 Å². The van der Waals surface area contributed by atoms with Gasteiger partial charge in [-0.25, -0.2) is 24.9 Å². The van der Waals surface area contributed by atoms with Gasteiger partial charge in [0, 0.05) is 37.9 Å². The van der Waals surface area contributed by atoms with Crippen LogP contribution in [0.25, 0.3) is 22.6 Å². The van der Waals surface area contributed by atoms with Crippen molar-refractivity contribution in [2.45, 2.75) is 45.4 Å². The maximum Gasteiger partial charge on any atom is 0.225 e. The van der Waals surface area contributed by atoms with E-state index in [-0.39, 0.29) is 17.9 Å². The summed E-state index contributed by atoms with van der Waals surface area (Å²) in [6, 6.07) is -0.302. The van der Waals surface area contributed by atoms with Crippen molar-refractivity contribution < 1.29 is 9.90 Å². The average molecular weight is 408 g/mol. The zero-order chi connectivity index (χ0) is 20.8. The zero-order valence-corrected chi connectivity index (χ0v) is 17.0. The molecule has 1 saturated carbocycles. The molecule has 3 aromatic rings. The van der Waals surface area contributed by atoms with Crippen LogP contribution in [0.3, 0.4) is 0 Å². The number of hydrogen-bond acceptors (Lipinski definition) is 8. The van der Waals surface area contributed by atoms with Crippen molar-refractivity contribution in [2.24, 2.45) is 5.92 Å². The van der Waals surface area contributed by atoms with E-state index < -0.39 is 6.10 Å². The summed E-state index contributed by atoms with van der Waals surface area (Å²) in [6.45, 7) is 5.33. The normalized spacial score (nSPS) is 21.4. The highest BCUT2D eigenvalue weighted by molar-refractivity contribution is 5.86. The van der Waals surface area contributed by atoms with Gasteiger partial charge in [-0.05, 0) is 26.7 Å². The highest BCUT2D eigenvalue weighted by Crippen LogP contribution is 2.33. The van der Waals surface area contributed by atoms with Crippen molar-refractivity contribution in [3.05, 3.63) is 24.5 Å². The molecule has 1 amide bonds. The molecule has 2 aliphatic rings. The third-order valence-corrected chi connectivity index (χ3v) is 5.74. The van der Waals surface area contributed by atoms with Gasteiger partial charge in [0.2, 0.25) is 5.91 Å². The number of aromatic nitrogens is 6. The Labute approximate surface area is 173 Å². The van der Waals surface area contributed by atoms with Crippen molar-refractivity contribution >= 4 is 22.9 Å². The Balaban J connectivity index is 1.46. The summed E-state index contributed by atoms with van der Waals surface area (Å²) < 4.78 is 1.99. The maximum atomic E-state index is 12.4. The topological polar surface area (TPSA) is 122 Å². The summed E-state index contributed by atoms with van der Waals surface area (Å²) in [5, 5.41) is 13.8. The molecule has 2 atom stereocenters. The molecule has 30 heavy (non-hydrogen) atoms. The highest BCUT2D eigenvalue weighted by Gasteiger charge is 2.40. The van der Waals surface area contributed by atoms with Gasteiger partial charge >= 0.3 is 0 Å². The van der Waals surface area contributed by atoms with Crippen LogP contribution in [0.15, 0.2) is 18.7 Å². The lowest BCUT2D eigenvalue weighted by atomic mass is 10.2. The predicted octanol–water partition coefficient (Wildman–Crippen LogP) is 1.01. The number of hydrogen-bond donors (Lipinski definition) is 2. The molecule has 2 unspecified atom stereocenters. The molecule has 3 aromatic heterocycles. The van der Waals surface area contributed by atoms with Gasteiger partial charge in [-0.2, -0.15) is 0 Å². The van der Waals surface area contributed by atoms with Gasteiger partial charge in [-0.3, -0.25) is 4.79 Å². The van der Waals surface area contributed by atoms with E-state index in [0.29, 0.717) is 48.3 Å². The summed E-state index contributed by atoms with van der Waals surface area (Å²) >= 11 is 0. The van der Waals surface area contributed by atoms with Crippen LogP contribution in [0.4, 0.5) is 5.82 Å². The SMILES string of the molecule is CCn1c(-c2cnc(C)nc2)nc2c(NC3CN(C(=O)C4CC4)CC3O)ncnc21. The summed E-state index contributed by atoms with van der Waals surface area (Å²) in [5.74, 6) is 2.24. The number of fused-ring (bicyclic) bond motifs is 1. The van der Waals surface area contributed by atoms with E-state index in [1.54, 1.807) is 17.3 Å². The van der Waals surface area contributed by atoms with Gasteiger partial charge in [-0.1, -0.05) is 0 Å². The molecule has 0 bridgehead atoms. The van der Waals surface area contributed by atoms with Crippen molar-refractivity contribution in [3.63, 3.8) is 0 Å². The first-order chi connectivity index (χ1) is 14.5. The van der Waals surface area contributed by atoms with E-state index in [4.69, 9.17) is 4.98 Å². The number of anilines is 1. The third-order valence-electron chi connectivity index (χ3n) is 5.74. The quantitative estimate of drug-likeness (QED) is 0.641. The summed E-state index contributed by atoms with van der Waals surface area (Å²) in [5.41, 5.74) is 2.12. The highest BCUT2D eigenvalue weighted by atomic mass is 16.3. The van der Waals surface area contributed by atoms with E-state index >= 15 is 0 Å². The minimum atomic E-state index is -0.657. The second kappa shape index (κ2) is 7.28. The molecular weight excluding hydrogens is 384 g/mol. The van der Waals surface area contributed by atoms with Crippen LogP contribution in [0, 0.1) is 12.8 Å². The molecule has 0 radical (unpaired) electrons. The number of β-amino-alcohol motifs (C(OH)–C–C–N with tert-alkyl or cyclic N) is 1. The largest absolute Gasteiger partial charge is 0.389 e. The molecule has 5 rings (SSSR count). The zero-order valence-electron chi connectivity index (χ0n) is 17.0. The number of aliphatic hydroxyl groups excluding tert-OH is 1. The molecule has 1 saturated heterocycles. The standard InChI is InChI=1S/C20H24N8O2/c1-3-28-18(13-6-21-11(2)22-7-13)26-16-17(23-10-24-19(16)28)25-14-8-27(9-15(14)29)20(30)12-4-5-12/h6-7,10,12,14-15,29H,3-5,8-9H2,1-2H3,(H,23,24,25). The average Bonchev–Trinajstić information content (AvgIpc) is 3.44. The minimum absolute atomic E-state index is 0.140. The van der Waals surface area contributed by atoms with Crippen molar-refractivity contribution in [3.8, 4) is 11.4 Å². The van der Waals surface area contributed by atoms with Crippen molar-refractivity contribution in [2.75, 3.05) is 18.4 Å². The third kappa shape index (κ3) is 3.26. The first kappa shape index (κ1) is 18.9. The van der Waals surface area contributed by atoms with Gasteiger partial charge in [0.25, 0.3) is 0 Å². The van der Waals surface area contributed by atoms with Crippen molar-refractivity contribution in [1.29, 1.82) is 0 Å². The lowest BCUT2D eigenvalue weighted by Crippen LogP contribution is -2.33. The number of amides is 1.